The molecule has 5 rings (SSSR count). The van der Waals surface area contributed by atoms with Crippen LogP contribution in [0.5, 0.6) is 0 Å². The number of nitrogens with one attached hydrogen (secondary N) is 1. The summed E-state index contributed by atoms with van der Waals surface area (Å²) in [6, 6.07) is 25.3. The molecule has 0 saturated heterocycles. The highest BCUT2D eigenvalue weighted by Crippen LogP contribution is 2.24. The van der Waals surface area contributed by atoms with Gasteiger partial charge in [0.15, 0.2) is 0 Å². The number of hydrogen-bond donors (Lipinski definition) is 1. The second-order valence-electron chi connectivity index (χ2n) is 5.52. The van der Waals surface area contributed by atoms with E-state index in [1.807, 2.05) is 0 Å². The fraction of sp³-hybridized carbons (Fsp3) is 0.0476. The molecule has 1 aromatic heterocycles. The molecule has 106 valence electrons. The first-order valence-corrected chi connectivity index (χ1v) is 7.62. The molecule has 0 spiro atoms. The van der Waals surface area contributed by atoms with Crippen LogP contribution in [0.4, 0.5) is 0 Å². The van der Waals surface area contributed by atoms with Crippen LogP contribution in [0.3, 0.4) is 0 Å². The minimum Gasteiger partial charge on any atom is -0.355 e. The van der Waals surface area contributed by atoms with Crippen LogP contribution in [-0.2, 0) is 6.42 Å². The maximum atomic E-state index is 3.38. The van der Waals surface area contributed by atoms with Crippen molar-refractivity contribution in [2.24, 2.45) is 0 Å². The van der Waals surface area contributed by atoms with E-state index in [4.69, 9.17) is 0 Å². The first-order chi connectivity index (χ1) is 10.9. The number of para-hydroxylation sites is 2. The molecule has 1 nitrogen and oxygen atoms in total. The average Bonchev–Trinajstić information content (AvgIpc) is 3.19. The Labute approximate surface area is 129 Å². The van der Waals surface area contributed by atoms with E-state index in [1.54, 1.807) is 0 Å². The molecule has 0 atom stereocenters. The quantitative estimate of drug-likeness (QED) is 0.434. The molecular formula is C21H17N. The minimum atomic E-state index is 1.12. The molecular weight excluding hydrogens is 266 g/mol. The third-order valence-corrected chi connectivity index (χ3v) is 4.10. The molecule has 0 fully saturated rings. The van der Waals surface area contributed by atoms with Crippen LogP contribution in [0.1, 0.15) is 11.1 Å². The Bertz CT molecular complexity index is 909. The molecule has 0 amide bonds. The highest BCUT2D eigenvalue weighted by atomic mass is 14.7. The molecule has 1 aliphatic carbocycles. The number of rotatable bonds is 0. The van der Waals surface area contributed by atoms with Gasteiger partial charge in [0.25, 0.3) is 0 Å². The van der Waals surface area contributed by atoms with Crippen molar-refractivity contribution < 1.29 is 0 Å². The summed E-state index contributed by atoms with van der Waals surface area (Å²) >= 11 is 0. The SMILES string of the molecule is C1=Cc2ccccc2C1.c1ccc2c(c1)[nH]c1ccccc12. The Balaban J connectivity index is 0.000000122. The van der Waals surface area contributed by atoms with Gasteiger partial charge in [0, 0.05) is 21.8 Å². The van der Waals surface area contributed by atoms with Gasteiger partial charge in [0.05, 0.1) is 0 Å². The number of hydrogen-bond acceptors (Lipinski definition) is 0. The van der Waals surface area contributed by atoms with Crippen LogP contribution in [0.2, 0.25) is 0 Å². The summed E-state index contributed by atoms with van der Waals surface area (Å²) < 4.78 is 0. The van der Waals surface area contributed by atoms with Crippen molar-refractivity contribution in [3.63, 3.8) is 0 Å². The van der Waals surface area contributed by atoms with Gasteiger partial charge in [-0.15, -0.1) is 0 Å². The zero-order chi connectivity index (χ0) is 14.8. The van der Waals surface area contributed by atoms with Gasteiger partial charge < -0.3 is 4.98 Å². The lowest BCUT2D eigenvalue weighted by Crippen LogP contribution is -1.76. The van der Waals surface area contributed by atoms with Crippen molar-refractivity contribution in [2.75, 3.05) is 0 Å². The molecule has 3 aromatic carbocycles. The average molecular weight is 283 g/mol. The monoisotopic (exact) mass is 283 g/mol. The van der Waals surface area contributed by atoms with Crippen molar-refractivity contribution in [3.05, 3.63) is 90.0 Å². The summed E-state index contributed by atoms with van der Waals surface area (Å²) in [6.07, 6.45) is 5.50. The van der Waals surface area contributed by atoms with Gasteiger partial charge in [0.2, 0.25) is 0 Å². The van der Waals surface area contributed by atoms with Gasteiger partial charge in [-0.3, -0.25) is 0 Å². The van der Waals surface area contributed by atoms with Crippen LogP contribution >= 0.6 is 0 Å². The zero-order valence-corrected chi connectivity index (χ0v) is 12.3. The zero-order valence-electron chi connectivity index (χ0n) is 12.3. The Morgan fingerprint density at radius 1 is 0.636 bits per heavy atom. The first kappa shape index (κ1) is 12.9. The van der Waals surface area contributed by atoms with Crippen molar-refractivity contribution >= 4 is 27.9 Å². The van der Waals surface area contributed by atoms with Crippen LogP contribution in [-0.4, -0.2) is 4.98 Å². The van der Waals surface area contributed by atoms with Gasteiger partial charge in [-0.1, -0.05) is 72.8 Å². The van der Waals surface area contributed by atoms with E-state index in [0.717, 1.165) is 6.42 Å². The predicted molar refractivity (Wildman–Crippen MR) is 95.0 cm³/mol. The highest BCUT2D eigenvalue weighted by molar-refractivity contribution is 6.06. The Morgan fingerprint density at radius 3 is 1.91 bits per heavy atom. The van der Waals surface area contributed by atoms with Crippen LogP contribution in [0.15, 0.2) is 78.9 Å². The minimum absolute atomic E-state index is 1.12. The lowest BCUT2D eigenvalue weighted by molar-refractivity contribution is 1.31. The van der Waals surface area contributed by atoms with Gasteiger partial charge in [-0.2, -0.15) is 0 Å². The summed E-state index contributed by atoms with van der Waals surface area (Å²) in [6.45, 7) is 0. The molecule has 1 heterocycles. The third-order valence-electron chi connectivity index (χ3n) is 4.10. The number of fused-ring (bicyclic) bond motifs is 4. The van der Waals surface area contributed by atoms with E-state index in [1.165, 1.54) is 32.9 Å². The van der Waals surface area contributed by atoms with E-state index in [2.05, 4.69) is 89.9 Å². The molecule has 0 saturated carbocycles. The summed E-state index contributed by atoms with van der Waals surface area (Å²) in [5, 5.41) is 2.61. The number of allylic oxidation sites excluding steroid dienone is 1. The number of benzene rings is 3. The Kier molecular flexibility index (Phi) is 3.24. The summed E-state index contributed by atoms with van der Waals surface area (Å²) in [5.74, 6) is 0. The maximum absolute atomic E-state index is 3.38. The molecule has 0 bridgehead atoms. The van der Waals surface area contributed by atoms with Gasteiger partial charge in [-0.05, 0) is 29.7 Å². The molecule has 1 aliphatic rings. The topological polar surface area (TPSA) is 15.8 Å². The van der Waals surface area contributed by atoms with Crippen molar-refractivity contribution in [2.45, 2.75) is 6.42 Å². The smallest absolute Gasteiger partial charge is 0.0464 e. The molecule has 0 aliphatic heterocycles. The lowest BCUT2D eigenvalue weighted by atomic mass is 10.1. The molecule has 4 aromatic rings. The lowest BCUT2D eigenvalue weighted by Gasteiger charge is -1.93. The maximum Gasteiger partial charge on any atom is 0.0464 e. The van der Waals surface area contributed by atoms with E-state index in [0.29, 0.717) is 0 Å². The summed E-state index contributed by atoms with van der Waals surface area (Å²) in [7, 11) is 0. The van der Waals surface area contributed by atoms with Gasteiger partial charge in [-0.25, -0.2) is 0 Å². The van der Waals surface area contributed by atoms with Crippen molar-refractivity contribution in [1.82, 2.24) is 4.98 Å². The third kappa shape index (κ3) is 2.31. The molecule has 1 N–H and O–H groups in total. The summed E-state index contributed by atoms with van der Waals surface area (Å²) in [4.78, 5) is 3.38. The van der Waals surface area contributed by atoms with Gasteiger partial charge in [0.1, 0.15) is 0 Å². The van der Waals surface area contributed by atoms with E-state index >= 15 is 0 Å². The van der Waals surface area contributed by atoms with Crippen molar-refractivity contribution in [3.8, 4) is 0 Å². The highest BCUT2D eigenvalue weighted by Gasteiger charge is 2.01. The van der Waals surface area contributed by atoms with E-state index < -0.39 is 0 Å². The fourth-order valence-corrected chi connectivity index (χ4v) is 2.99. The first-order valence-electron chi connectivity index (χ1n) is 7.62. The van der Waals surface area contributed by atoms with Gasteiger partial charge >= 0.3 is 0 Å². The molecule has 0 radical (unpaired) electrons. The van der Waals surface area contributed by atoms with Crippen molar-refractivity contribution in [1.29, 1.82) is 0 Å². The van der Waals surface area contributed by atoms with Crippen LogP contribution in [0.25, 0.3) is 27.9 Å². The van der Waals surface area contributed by atoms with E-state index in [9.17, 15) is 0 Å². The van der Waals surface area contributed by atoms with E-state index in [-0.39, 0.29) is 0 Å². The second-order valence-corrected chi connectivity index (χ2v) is 5.52. The largest absolute Gasteiger partial charge is 0.355 e. The summed E-state index contributed by atoms with van der Waals surface area (Å²) in [5.41, 5.74) is 5.27. The van der Waals surface area contributed by atoms with Crippen LogP contribution < -0.4 is 0 Å². The standard InChI is InChI=1S/C12H9N.C9H8/c1-3-7-11-9(5-1)10-6-2-4-8-12(10)13-11;1-2-5-9-7-3-6-8(9)4-1/h1-8,13H;1-6H,7H2. The number of H-pyrrole nitrogens is 1. The molecule has 1 heteroatoms. The number of aromatic amines is 1. The molecule has 0 unspecified atom stereocenters. The Hall–Kier alpha value is -2.80. The molecule has 22 heavy (non-hydrogen) atoms. The number of aromatic nitrogens is 1. The Morgan fingerprint density at radius 2 is 1.23 bits per heavy atom. The normalized spacial score (nSPS) is 12.2. The fourth-order valence-electron chi connectivity index (χ4n) is 2.99. The predicted octanol–water partition coefficient (Wildman–Crippen LogP) is 5.58. The second kappa shape index (κ2) is 5.53. The van der Waals surface area contributed by atoms with Crippen LogP contribution in [0, 0.1) is 0 Å².